The van der Waals surface area contributed by atoms with Crippen LogP contribution in [-0.4, -0.2) is 29.7 Å². The minimum absolute atomic E-state index is 0. The molecule has 0 amide bonds. The summed E-state index contributed by atoms with van der Waals surface area (Å²) in [5.41, 5.74) is 3.37. The molecule has 0 aromatic heterocycles. The van der Waals surface area contributed by atoms with Crippen LogP contribution in [-0.2, 0) is 25.5 Å². The van der Waals surface area contributed by atoms with Crippen LogP contribution in [0.4, 0.5) is 0 Å². The molecule has 1 aliphatic heterocycles. The molecule has 1 heterocycles. The standard InChI is InChI=1S/C23H27BO5.H2S/c1-23(2)28-21(25)20(22(26)29-23)14-17(15-24(3)27)13-16-9-11-19(12-10-16)18-7-5-4-6-8-18;/h4-12,17,20,27H,13-15H2,1-3H3;1H2/t17-;/m1./s1. The first-order valence-electron chi connectivity index (χ1n) is 10.0. The van der Waals surface area contributed by atoms with Crippen molar-refractivity contribution in [2.45, 2.75) is 45.6 Å². The first-order chi connectivity index (χ1) is 13.7. The molecule has 1 atom stereocenters. The number of ether oxygens (including phenoxy) is 2. The number of carbonyl (C=O) groups excluding carboxylic acids is 2. The zero-order valence-corrected chi connectivity index (χ0v) is 18.6. The maximum atomic E-state index is 12.3. The smallest absolute Gasteiger partial charge is 0.323 e. The molecule has 0 radical (unpaired) electrons. The summed E-state index contributed by atoms with van der Waals surface area (Å²) in [6, 6.07) is 18.4. The Bertz CT molecular complexity index is 832. The van der Waals surface area contributed by atoms with E-state index in [-0.39, 0.29) is 19.4 Å². The van der Waals surface area contributed by atoms with Crippen LogP contribution in [0.5, 0.6) is 0 Å². The third kappa shape index (κ3) is 6.38. The highest BCUT2D eigenvalue weighted by atomic mass is 32.1. The van der Waals surface area contributed by atoms with Gasteiger partial charge in [0.15, 0.2) is 5.92 Å². The van der Waals surface area contributed by atoms with Crippen LogP contribution in [0.2, 0.25) is 13.1 Å². The molecule has 0 spiro atoms. The fraction of sp³-hybridized carbons (Fsp3) is 0.391. The van der Waals surface area contributed by atoms with Gasteiger partial charge < -0.3 is 14.5 Å². The van der Waals surface area contributed by atoms with Gasteiger partial charge in [0.1, 0.15) is 0 Å². The van der Waals surface area contributed by atoms with E-state index in [1.54, 1.807) is 20.7 Å². The van der Waals surface area contributed by atoms with Crippen molar-refractivity contribution in [3.63, 3.8) is 0 Å². The van der Waals surface area contributed by atoms with E-state index in [0.29, 0.717) is 19.2 Å². The monoisotopic (exact) mass is 428 g/mol. The van der Waals surface area contributed by atoms with Crippen molar-refractivity contribution >= 4 is 32.3 Å². The molecular formula is C23H29BO5S. The summed E-state index contributed by atoms with van der Waals surface area (Å²) in [4.78, 5) is 24.6. The summed E-state index contributed by atoms with van der Waals surface area (Å²) in [6.07, 6.45) is 1.43. The van der Waals surface area contributed by atoms with Crippen molar-refractivity contribution < 1.29 is 24.1 Å². The molecule has 1 aliphatic rings. The molecule has 0 unspecified atom stereocenters. The van der Waals surface area contributed by atoms with Crippen LogP contribution in [0.25, 0.3) is 11.1 Å². The van der Waals surface area contributed by atoms with Gasteiger partial charge in [-0.1, -0.05) is 61.4 Å². The Balaban J connectivity index is 0.00000320. The van der Waals surface area contributed by atoms with Gasteiger partial charge in [0.05, 0.1) is 0 Å². The second-order valence-electron chi connectivity index (χ2n) is 8.25. The van der Waals surface area contributed by atoms with Gasteiger partial charge in [-0.3, -0.25) is 9.59 Å². The van der Waals surface area contributed by atoms with Crippen molar-refractivity contribution in [3.05, 3.63) is 60.2 Å². The van der Waals surface area contributed by atoms with Gasteiger partial charge >= 0.3 is 11.9 Å². The van der Waals surface area contributed by atoms with Gasteiger partial charge in [0.2, 0.25) is 0 Å². The summed E-state index contributed by atoms with van der Waals surface area (Å²) in [5, 5.41) is 9.91. The predicted molar refractivity (Wildman–Crippen MR) is 122 cm³/mol. The van der Waals surface area contributed by atoms with Gasteiger partial charge in [-0.2, -0.15) is 13.5 Å². The normalized spacial score (nSPS) is 16.8. The predicted octanol–water partition coefficient (Wildman–Crippen LogP) is 4.08. The fourth-order valence-corrected chi connectivity index (χ4v) is 3.81. The lowest BCUT2D eigenvalue weighted by atomic mass is 9.62. The Morgan fingerprint density at radius 3 is 2.03 bits per heavy atom. The molecule has 1 fully saturated rings. The molecule has 7 heteroatoms. The molecule has 0 bridgehead atoms. The lowest BCUT2D eigenvalue weighted by molar-refractivity contribution is -0.240. The number of hydrogen-bond donors (Lipinski definition) is 1. The lowest BCUT2D eigenvalue weighted by Gasteiger charge is -2.34. The largest absolute Gasteiger partial charge is 0.451 e. The quantitative estimate of drug-likeness (QED) is 0.409. The minimum atomic E-state index is -1.22. The van der Waals surface area contributed by atoms with Gasteiger partial charge in [-0.15, -0.1) is 0 Å². The Kier molecular flexibility index (Phi) is 8.15. The molecule has 0 saturated carbocycles. The molecular weight excluding hydrogens is 399 g/mol. The number of benzene rings is 2. The lowest BCUT2D eigenvalue weighted by Crippen LogP contribution is -2.47. The molecule has 1 N–H and O–H groups in total. The first-order valence-corrected chi connectivity index (χ1v) is 10.0. The molecule has 160 valence electrons. The SMILES string of the molecule is CB(O)C[C@H](Cc1ccc(-c2ccccc2)cc1)CC1C(=O)OC(C)(C)OC1=O.S. The third-order valence-electron chi connectivity index (χ3n) is 5.09. The van der Waals surface area contributed by atoms with E-state index in [1.165, 1.54) is 0 Å². The van der Waals surface area contributed by atoms with Crippen LogP contribution in [0.1, 0.15) is 25.8 Å². The summed E-state index contributed by atoms with van der Waals surface area (Å²) >= 11 is 0. The van der Waals surface area contributed by atoms with Crippen LogP contribution in [0.3, 0.4) is 0 Å². The van der Waals surface area contributed by atoms with Crippen molar-refractivity contribution in [1.82, 2.24) is 0 Å². The fourth-order valence-electron chi connectivity index (χ4n) is 3.81. The molecule has 2 aromatic carbocycles. The number of esters is 2. The van der Waals surface area contributed by atoms with Gasteiger partial charge in [0.25, 0.3) is 12.7 Å². The van der Waals surface area contributed by atoms with E-state index in [9.17, 15) is 14.6 Å². The van der Waals surface area contributed by atoms with E-state index in [4.69, 9.17) is 9.47 Å². The van der Waals surface area contributed by atoms with Crippen molar-refractivity contribution in [1.29, 1.82) is 0 Å². The highest BCUT2D eigenvalue weighted by molar-refractivity contribution is 7.59. The van der Waals surface area contributed by atoms with Crippen molar-refractivity contribution in [2.75, 3.05) is 0 Å². The van der Waals surface area contributed by atoms with Gasteiger partial charge in [0, 0.05) is 13.8 Å². The Morgan fingerprint density at radius 2 is 1.50 bits per heavy atom. The average molecular weight is 428 g/mol. The number of rotatable bonds is 7. The summed E-state index contributed by atoms with van der Waals surface area (Å²) < 4.78 is 10.5. The molecule has 0 aliphatic carbocycles. The van der Waals surface area contributed by atoms with Crippen LogP contribution >= 0.6 is 13.5 Å². The average Bonchev–Trinajstić information content (AvgIpc) is 2.65. The number of cyclic esters (lactones) is 2. The number of carbonyl (C=O) groups is 2. The van der Waals surface area contributed by atoms with Crippen LogP contribution < -0.4 is 0 Å². The van der Waals surface area contributed by atoms with Crippen LogP contribution in [0, 0.1) is 11.8 Å². The van der Waals surface area contributed by atoms with E-state index in [1.807, 2.05) is 18.2 Å². The van der Waals surface area contributed by atoms with E-state index >= 15 is 0 Å². The zero-order valence-electron chi connectivity index (χ0n) is 17.6. The highest BCUT2D eigenvalue weighted by Gasteiger charge is 2.44. The Morgan fingerprint density at radius 1 is 0.967 bits per heavy atom. The van der Waals surface area contributed by atoms with Crippen molar-refractivity contribution in [2.24, 2.45) is 11.8 Å². The minimum Gasteiger partial charge on any atom is -0.451 e. The Hall–Kier alpha value is -2.25. The summed E-state index contributed by atoms with van der Waals surface area (Å²) in [7, 11) is 0. The molecule has 30 heavy (non-hydrogen) atoms. The van der Waals surface area contributed by atoms with Crippen molar-refractivity contribution in [3.8, 4) is 11.1 Å². The topological polar surface area (TPSA) is 72.8 Å². The second kappa shape index (κ2) is 10.2. The van der Waals surface area contributed by atoms with E-state index in [0.717, 1.165) is 16.7 Å². The van der Waals surface area contributed by atoms with Gasteiger partial charge in [-0.05, 0) is 41.8 Å². The molecule has 5 nitrogen and oxygen atoms in total. The molecule has 3 rings (SSSR count). The second-order valence-corrected chi connectivity index (χ2v) is 8.25. The van der Waals surface area contributed by atoms with E-state index in [2.05, 4.69) is 36.4 Å². The maximum absolute atomic E-state index is 12.3. The molecule has 2 aromatic rings. The zero-order chi connectivity index (χ0) is 21.0. The van der Waals surface area contributed by atoms with E-state index < -0.39 is 30.6 Å². The van der Waals surface area contributed by atoms with Gasteiger partial charge in [-0.25, -0.2) is 0 Å². The summed E-state index contributed by atoms with van der Waals surface area (Å²) in [6.45, 7) is 4.27. The Labute approximate surface area is 185 Å². The first kappa shape index (κ1) is 24.0. The van der Waals surface area contributed by atoms with Crippen LogP contribution in [0.15, 0.2) is 54.6 Å². The highest BCUT2D eigenvalue weighted by Crippen LogP contribution is 2.30. The molecule has 1 saturated heterocycles. The number of hydrogen-bond acceptors (Lipinski definition) is 5. The third-order valence-corrected chi connectivity index (χ3v) is 5.09. The maximum Gasteiger partial charge on any atom is 0.323 e. The summed E-state index contributed by atoms with van der Waals surface area (Å²) in [5.74, 6) is -3.33.